The van der Waals surface area contributed by atoms with Crippen molar-refractivity contribution < 1.29 is 17.9 Å². The first kappa shape index (κ1) is 15.7. The van der Waals surface area contributed by atoms with E-state index >= 15 is 0 Å². The Bertz CT molecular complexity index is 573. The van der Waals surface area contributed by atoms with Crippen LogP contribution >= 0.6 is 11.6 Å². The Morgan fingerprint density at radius 2 is 2.00 bits per heavy atom. The molecule has 1 aliphatic rings. The van der Waals surface area contributed by atoms with Crippen molar-refractivity contribution >= 4 is 21.6 Å². The molecule has 0 unspecified atom stereocenters. The third kappa shape index (κ3) is 3.14. The summed E-state index contributed by atoms with van der Waals surface area (Å²) in [6.45, 7) is -0.202. The van der Waals surface area contributed by atoms with E-state index in [2.05, 4.69) is 0 Å². The van der Waals surface area contributed by atoms with Gasteiger partial charge in [-0.3, -0.25) is 0 Å². The zero-order valence-electron chi connectivity index (χ0n) is 10.9. The van der Waals surface area contributed by atoms with Crippen molar-refractivity contribution in [2.24, 2.45) is 0 Å². The van der Waals surface area contributed by atoms with Crippen molar-refractivity contribution in [1.29, 1.82) is 0 Å². The summed E-state index contributed by atoms with van der Waals surface area (Å²) in [5.74, 6) is -0.653. The van der Waals surface area contributed by atoms with E-state index in [4.69, 9.17) is 16.7 Å². The average molecular weight is 322 g/mol. The van der Waals surface area contributed by atoms with Crippen molar-refractivity contribution in [2.45, 2.75) is 36.6 Å². The molecule has 1 aromatic rings. The first-order chi connectivity index (χ1) is 9.46. The van der Waals surface area contributed by atoms with Crippen molar-refractivity contribution in [3.05, 3.63) is 29.0 Å². The van der Waals surface area contributed by atoms with Gasteiger partial charge in [-0.1, -0.05) is 24.4 Å². The summed E-state index contributed by atoms with van der Waals surface area (Å²) in [6, 6.07) is 3.26. The molecule has 0 bridgehead atoms. The standard InChI is InChI=1S/C13H17ClFNO3S/c14-12-9-11(5-6-13(12)15)20(18,19)16(7-8-17)10-3-1-2-4-10/h5-6,9-10,17H,1-4,7-8H2. The fraction of sp³-hybridized carbons (Fsp3) is 0.538. The van der Waals surface area contributed by atoms with E-state index < -0.39 is 15.8 Å². The highest BCUT2D eigenvalue weighted by atomic mass is 35.5. The lowest BCUT2D eigenvalue weighted by Gasteiger charge is -2.27. The second-order valence-electron chi connectivity index (χ2n) is 4.85. The Balaban J connectivity index is 2.36. The molecule has 0 aromatic heterocycles. The highest BCUT2D eigenvalue weighted by molar-refractivity contribution is 7.89. The summed E-state index contributed by atoms with van der Waals surface area (Å²) in [4.78, 5) is -0.0377. The van der Waals surface area contributed by atoms with Gasteiger partial charge >= 0.3 is 0 Å². The van der Waals surface area contributed by atoms with Crippen molar-refractivity contribution in [1.82, 2.24) is 4.31 Å². The van der Waals surface area contributed by atoms with E-state index in [0.717, 1.165) is 37.8 Å². The van der Waals surface area contributed by atoms with Gasteiger partial charge < -0.3 is 5.11 Å². The number of aliphatic hydroxyl groups excluding tert-OH is 1. The molecule has 0 atom stereocenters. The van der Waals surface area contributed by atoms with Crippen LogP contribution in [0, 0.1) is 5.82 Å². The highest BCUT2D eigenvalue weighted by Gasteiger charge is 2.33. The molecule has 112 valence electrons. The second kappa shape index (κ2) is 6.39. The van der Waals surface area contributed by atoms with Crippen molar-refractivity contribution in [2.75, 3.05) is 13.2 Å². The third-order valence-corrected chi connectivity index (χ3v) is 5.79. The molecule has 1 aliphatic carbocycles. The van der Waals surface area contributed by atoms with Crippen LogP contribution in [0.1, 0.15) is 25.7 Å². The Hall–Kier alpha value is -0.690. The van der Waals surface area contributed by atoms with Gasteiger partial charge in [0.2, 0.25) is 10.0 Å². The topological polar surface area (TPSA) is 57.6 Å². The predicted octanol–water partition coefficient (Wildman–Crippen LogP) is 2.40. The van der Waals surface area contributed by atoms with Gasteiger partial charge in [-0.2, -0.15) is 4.31 Å². The van der Waals surface area contributed by atoms with Gasteiger partial charge in [0.05, 0.1) is 16.5 Å². The molecule has 0 saturated heterocycles. The lowest BCUT2D eigenvalue weighted by atomic mass is 10.2. The molecule has 2 rings (SSSR count). The maximum Gasteiger partial charge on any atom is 0.243 e. The van der Waals surface area contributed by atoms with Crippen LogP contribution in [0.4, 0.5) is 4.39 Å². The van der Waals surface area contributed by atoms with Crippen LogP contribution in [0.2, 0.25) is 5.02 Å². The smallest absolute Gasteiger partial charge is 0.243 e. The zero-order valence-corrected chi connectivity index (χ0v) is 12.5. The van der Waals surface area contributed by atoms with Crippen LogP contribution in [-0.4, -0.2) is 37.0 Å². The quantitative estimate of drug-likeness (QED) is 0.906. The lowest BCUT2D eigenvalue weighted by molar-refractivity contribution is 0.226. The van der Waals surface area contributed by atoms with E-state index in [-0.39, 0.29) is 29.1 Å². The maximum atomic E-state index is 13.2. The molecule has 1 N–H and O–H groups in total. The summed E-state index contributed by atoms with van der Waals surface area (Å²) in [7, 11) is -3.76. The monoisotopic (exact) mass is 321 g/mol. The minimum Gasteiger partial charge on any atom is -0.395 e. The number of benzene rings is 1. The Morgan fingerprint density at radius 1 is 1.35 bits per heavy atom. The maximum absolute atomic E-state index is 13.2. The number of aliphatic hydroxyl groups is 1. The molecule has 4 nitrogen and oxygen atoms in total. The summed E-state index contributed by atoms with van der Waals surface area (Å²) in [5, 5.41) is 8.89. The summed E-state index contributed by atoms with van der Waals surface area (Å²) >= 11 is 5.65. The molecule has 1 aromatic carbocycles. The fourth-order valence-electron chi connectivity index (χ4n) is 2.56. The normalized spacial score (nSPS) is 17.0. The molecule has 20 heavy (non-hydrogen) atoms. The van der Waals surface area contributed by atoms with Gasteiger partial charge in [0.1, 0.15) is 5.82 Å². The largest absolute Gasteiger partial charge is 0.395 e. The van der Waals surface area contributed by atoms with E-state index in [9.17, 15) is 12.8 Å². The lowest BCUT2D eigenvalue weighted by Crippen LogP contribution is -2.40. The zero-order chi connectivity index (χ0) is 14.8. The van der Waals surface area contributed by atoms with Crippen LogP contribution in [0.15, 0.2) is 23.1 Å². The molecular formula is C13H17ClFNO3S. The van der Waals surface area contributed by atoms with Crippen molar-refractivity contribution in [3.8, 4) is 0 Å². The number of hydrogen-bond donors (Lipinski definition) is 1. The summed E-state index contributed by atoms with van der Waals surface area (Å²) < 4.78 is 39.7. The second-order valence-corrected chi connectivity index (χ2v) is 7.15. The van der Waals surface area contributed by atoms with Crippen LogP contribution < -0.4 is 0 Å². The molecule has 0 radical (unpaired) electrons. The molecule has 7 heteroatoms. The predicted molar refractivity (Wildman–Crippen MR) is 74.6 cm³/mol. The summed E-state index contributed by atoms with van der Waals surface area (Å²) in [6.07, 6.45) is 3.53. The molecular weight excluding hydrogens is 305 g/mol. The highest BCUT2D eigenvalue weighted by Crippen LogP contribution is 2.29. The molecule has 1 saturated carbocycles. The Morgan fingerprint density at radius 3 is 2.55 bits per heavy atom. The van der Waals surface area contributed by atoms with Gasteiger partial charge in [-0.15, -0.1) is 0 Å². The third-order valence-electron chi connectivity index (χ3n) is 3.55. The van der Waals surface area contributed by atoms with Crippen LogP contribution in [-0.2, 0) is 10.0 Å². The van der Waals surface area contributed by atoms with Gasteiger partial charge in [0.15, 0.2) is 0 Å². The minimum atomic E-state index is -3.76. The van der Waals surface area contributed by atoms with Crippen LogP contribution in [0.3, 0.4) is 0 Å². The van der Waals surface area contributed by atoms with Gasteiger partial charge in [0, 0.05) is 12.6 Å². The van der Waals surface area contributed by atoms with Gasteiger partial charge in [0.25, 0.3) is 0 Å². The first-order valence-corrected chi connectivity index (χ1v) is 8.36. The number of nitrogens with zero attached hydrogens (tertiary/aromatic N) is 1. The Labute approximate surface area is 123 Å². The van der Waals surface area contributed by atoms with Crippen LogP contribution in [0.25, 0.3) is 0 Å². The van der Waals surface area contributed by atoms with E-state index in [1.807, 2.05) is 0 Å². The van der Waals surface area contributed by atoms with Crippen molar-refractivity contribution in [3.63, 3.8) is 0 Å². The van der Waals surface area contributed by atoms with Gasteiger partial charge in [-0.05, 0) is 31.0 Å². The van der Waals surface area contributed by atoms with E-state index in [1.165, 1.54) is 10.4 Å². The number of halogens is 2. The molecule has 1 fully saturated rings. The molecule has 0 heterocycles. The SMILES string of the molecule is O=S(=O)(c1ccc(F)c(Cl)c1)N(CCO)C1CCCC1. The molecule has 0 amide bonds. The van der Waals surface area contributed by atoms with E-state index in [0.29, 0.717) is 0 Å². The minimum absolute atomic E-state index is 0.0377. The van der Waals surface area contributed by atoms with E-state index in [1.54, 1.807) is 0 Å². The molecule has 0 spiro atoms. The number of rotatable bonds is 5. The first-order valence-electron chi connectivity index (χ1n) is 6.54. The van der Waals surface area contributed by atoms with Gasteiger partial charge in [-0.25, -0.2) is 12.8 Å². The molecule has 0 aliphatic heterocycles. The van der Waals surface area contributed by atoms with Crippen LogP contribution in [0.5, 0.6) is 0 Å². The Kier molecular flexibility index (Phi) is 5.01. The number of hydrogen-bond acceptors (Lipinski definition) is 3. The average Bonchev–Trinajstić information content (AvgIpc) is 2.92. The number of sulfonamides is 1. The summed E-state index contributed by atoms with van der Waals surface area (Å²) in [5.41, 5.74) is 0. The fourth-order valence-corrected chi connectivity index (χ4v) is 4.51.